The van der Waals surface area contributed by atoms with Gasteiger partial charge >= 0.3 is 0 Å². The molecule has 0 aliphatic heterocycles. The van der Waals surface area contributed by atoms with Crippen LogP contribution < -0.4 is 10.6 Å². The van der Waals surface area contributed by atoms with Gasteiger partial charge in [0.2, 0.25) is 0 Å². The molecule has 0 spiro atoms. The molecule has 3 nitrogen and oxygen atoms in total. The summed E-state index contributed by atoms with van der Waals surface area (Å²) in [7, 11) is 0. The van der Waals surface area contributed by atoms with Crippen molar-refractivity contribution in [1.29, 1.82) is 0 Å². The Labute approximate surface area is 120 Å². The molecule has 0 aromatic heterocycles. The van der Waals surface area contributed by atoms with Crippen molar-refractivity contribution < 1.29 is 4.39 Å². The van der Waals surface area contributed by atoms with Gasteiger partial charge in [0.25, 0.3) is 0 Å². The van der Waals surface area contributed by atoms with Crippen LogP contribution in [0.3, 0.4) is 0 Å². The number of halogens is 1. The van der Waals surface area contributed by atoms with E-state index in [0.717, 1.165) is 31.9 Å². The van der Waals surface area contributed by atoms with Gasteiger partial charge in [-0.25, -0.2) is 4.39 Å². The average molecular weight is 275 g/mol. The molecule has 0 unspecified atom stereocenters. The molecule has 1 aromatic carbocycles. The summed E-state index contributed by atoms with van der Waals surface area (Å²) in [6, 6.07) is 6.81. The summed E-state index contributed by atoms with van der Waals surface area (Å²) < 4.78 is 13.0. The Morgan fingerprint density at radius 2 is 2.05 bits per heavy atom. The van der Waals surface area contributed by atoms with Gasteiger partial charge < -0.3 is 10.6 Å². The third kappa shape index (κ3) is 3.59. The molecule has 0 amide bonds. The second-order valence-corrected chi connectivity index (χ2v) is 5.15. The molecule has 1 fully saturated rings. The molecule has 1 saturated carbocycles. The smallest absolute Gasteiger partial charge is 0.191 e. The van der Waals surface area contributed by atoms with Crippen molar-refractivity contribution in [3.63, 3.8) is 0 Å². The second kappa shape index (κ2) is 6.55. The van der Waals surface area contributed by atoms with Crippen LogP contribution in [0.4, 0.5) is 4.39 Å². The lowest BCUT2D eigenvalue weighted by molar-refractivity contribution is 0.623. The maximum absolute atomic E-state index is 13.0. The van der Waals surface area contributed by atoms with E-state index in [2.05, 4.69) is 22.2 Å². The zero-order valence-electron chi connectivity index (χ0n) is 12.0. The minimum atomic E-state index is -0.186. The van der Waals surface area contributed by atoms with Crippen LogP contribution >= 0.6 is 0 Å². The molecule has 0 heterocycles. The summed E-state index contributed by atoms with van der Waals surface area (Å²) in [6.45, 7) is 7.97. The van der Waals surface area contributed by atoms with Gasteiger partial charge in [-0.3, -0.25) is 4.99 Å². The topological polar surface area (TPSA) is 36.4 Å². The normalized spacial score (nSPS) is 16.6. The molecular weight excluding hydrogens is 253 g/mol. The monoisotopic (exact) mass is 275 g/mol. The van der Waals surface area contributed by atoms with Crippen molar-refractivity contribution in [2.75, 3.05) is 19.6 Å². The van der Waals surface area contributed by atoms with E-state index in [1.807, 2.05) is 19.1 Å². The zero-order valence-corrected chi connectivity index (χ0v) is 12.0. The third-order valence-electron chi connectivity index (χ3n) is 3.61. The molecule has 108 valence electrons. The number of aliphatic imine (C=N–C) groups is 1. The van der Waals surface area contributed by atoms with Gasteiger partial charge in [-0.15, -0.1) is 6.58 Å². The van der Waals surface area contributed by atoms with E-state index in [1.54, 1.807) is 6.08 Å². The molecule has 0 bridgehead atoms. The van der Waals surface area contributed by atoms with E-state index in [-0.39, 0.29) is 11.2 Å². The lowest BCUT2D eigenvalue weighted by Crippen LogP contribution is -2.38. The van der Waals surface area contributed by atoms with E-state index < -0.39 is 0 Å². The van der Waals surface area contributed by atoms with Gasteiger partial charge in [-0.2, -0.15) is 0 Å². The number of rotatable bonds is 6. The van der Waals surface area contributed by atoms with Crippen LogP contribution in [-0.2, 0) is 5.41 Å². The predicted octanol–water partition coefficient (Wildman–Crippen LogP) is 2.60. The summed E-state index contributed by atoms with van der Waals surface area (Å²) in [6.07, 6.45) is 4.03. The van der Waals surface area contributed by atoms with Crippen LogP contribution in [0.5, 0.6) is 0 Å². The largest absolute Gasteiger partial charge is 0.357 e. The molecule has 0 saturated heterocycles. The van der Waals surface area contributed by atoms with E-state index in [0.29, 0.717) is 6.54 Å². The minimum Gasteiger partial charge on any atom is -0.357 e. The van der Waals surface area contributed by atoms with Gasteiger partial charge in [-0.1, -0.05) is 18.2 Å². The van der Waals surface area contributed by atoms with Gasteiger partial charge in [0.1, 0.15) is 5.82 Å². The first kappa shape index (κ1) is 14.6. The number of nitrogens with one attached hydrogen (secondary N) is 2. The first-order valence-electron chi connectivity index (χ1n) is 7.09. The first-order valence-corrected chi connectivity index (χ1v) is 7.09. The van der Waals surface area contributed by atoms with Gasteiger partial charge in [0.15, 0.2) is 5.96 Å². The second-order valence-electron chi connectivity index (χ2n) is 5.15. The van der Waals surface area contributed by atoms with E-state index in [9.17, 15) is 4.39 Å². The number of hydrogen-bond acceptors (Lipinski definition) is 1. The summed E-state index contributed by atoms with van der Waals surface area (Å²) in [4.78, 5) is 4.64. The summed E-state index contributed by atoms with van der Waals surface area (Å²) >= 11 is 0. The van der Waals surface area contributed by atoms with Crippen molar-refractivity contribution in [3.05, 3.63) is 48.3 Å². The fourth-order valence-electron chi connectivity index (χ4n) is 2.23. The molecule has 0 atom stereocenters. The maximum atomic E-state index is 13.0. The Morgan fingerprint density at radius 1 is 1.35 bits per heavy atom. The molecule has 1 aliphatic carbocycles. The molecule has 2 N–H and O–H groups in total. The Bertz CT molecular complexity index is 475. The van der Waals surface area contributed by atoms with E-state index in [4.69, 9.17) is 0 Å². The SMILES string of the molecule is C=CCNC(=NCC1(c2ccc(F)cc2)CC1)NCC. The highest BCUT2D eigenvalue weighted by atomic mass is 19.1. The van der Waals surface area contributed by atoms with Gasteiger partial charge in [-0.05, 0) is 37.5 Å². The highest BCUT2D eigenvalue weighted by molar-refractivity contribution is 5.80. The van der Waals surface area contributed by atoms with Crippen molar-refractivity contribution in [2.45, 2.75) is 25.2 Å². The minimum absolute atomic E-state index is 0.101. The van der Waals surface area contributed by atoms with Crippen LogP contribution in [0.15, 0.2) is 41.9 Å². The van der Waals surface area contributed by atoms with Gasteiger partial charge in [0.05, 0.1) is 6.54 Å². The molecule has 2 rings (SSSR count). The van der Waals surface area contributed by atoms with E-state index in [1.165, 1.54) is 17.7 Å². The Hall–Kier alpha value is -1.84. The number of hydrogen-bond donors (Lipinski definition) is 2. The molecule has 20 heavy (non-hydrogen) atoms. The summed E-state index contributed by atoms with van der Waals surface area (Å²) in [5.74, 6) is 0.620. The van der Waals surface area contributed by atoms with Crippen molar-refractivity contribution in [2.24, 2.45) is 4.99 Å². The predicted molar refractivity (Wildman–Crippen MR) is 81.5 cm³/mol. The van der Waals surface area contributed by atoms with Crippen LogP contribution in [-0.4, -0.2) is 25.6 Å². The average Bonchev–Trinajstić information content (AvgIpc) is 3.24. The van der Waals surface area contributed by atoms with Crippen molar-refractivity contribution in [1.82, 2.24) is 10.6 Å². The Balaban J connectivity index is 2.03. The van der Waals surface area contributed by atoms with Crippen molar-refractivity contribution in [3.8, 4) is 0 Å². The Morgan fingerprint density at radius 3 is 2.60 bits per heavy atom. The fraction of sp³-hybridized carbons (Fsp3) is 0.438. The van der Waals surface area contributed by atoms with Crippen LogP contribution in [0.2, 0.25) is 0 Å². The number of guanidine groups is 1. The molecule has 1 aromatic rings. The van der Waals surface area contributed by atoms with Crippen molar-refractivity contribution >= 4 is 5.96 Å². The van der Waals surface area contributed by atoms with Gasteiger partial charge in [0, 0.05) is 18.5 Å². The van der Waals surface area contributed by atoms with Crippen LogP contribution in [0, 0.1) is 5.82 Å². The van der Waals surface area contributed by atoms with Crippen LogP contribution in [0.25, 0.3) is 0 Å². The van der Waals surface area contributed by atoms with Crippen LogP contribution in [0.1, 0.15) is 25.3 Å². The molecule has 0 radical (unpaired) electrons. The fourth-order valence-corrected chi connectivity index (χ4v) is 2.23. The highest BCUT2D eigenvalue weighted by Crippen LogP contribution is 2.48. The summed E-state index contributed by atoms with van der Waals surface area (Å²) in [5, 5.41) is 6.40. The highest BCUT2D eigenvalue weighted by Gasteiger charge is 2.44. The van der Waals surface area contributed by atoms with E-state index >= 15 is 0 Å². The summed E-state index contributed by atoms with van der Waals surface area (Å²) in [5.41, 5.74) is 1.28. The lowest BCUT2D eigenvalue weighted by atomic mass is 9.96. The first-order chi connectivity index (χ1) is 9.70. The lowest BCUT2D eigenvalue weighted by Gasteiger charge is -2.15. The molecule has 4 heteroatoms. The quantitative estimate of drug-likeness (QED) is 0.475. The maximum Gasteiger partial charge on any atom is 0.191 e. The molecule has 1 aliphatic rings. The zero-order chi connectivity index (χ0) is 14.4. The Kier molecular flexibility index (Phi) is 4.77. The standard InChI is InChI=1S/C16H22FN3/c1-3-11-19-15(18-4-2)20-12-16(9-10-16)13-5-7-14(17)8-6-13/h3,5-8H,1,4,9-12H2,2H3,(H2,18,19,20). The molecular formula is C16H22FN3. The third-order valence-corrected chi connectivity index (χ3v) is 3.61. The number of benzene rings is 1. The number of nitrogens with zero attached hydrogens (tertiary/aromatic N) is 1.